The lowest BCUT2D eigenvalue weighted by Crippen LogP contribution is -2.28. The van der Waals surface area contributed by atoms with Crippen molar-refractivity contribution in [3.8, 4) is 11.5 Å². The summed E-state index contributed by atoms with van der Waals surface area (Å²) in [6.07, 6.45) is 3.58. The minimum absolute atomic E-state index is 0.0551. The zero-order valence-electron chi connectivity index (χ0n) is 14.4. The lowest BCUT2D eigenvalue weighted by molar-refractivity contribution is 0.0825. The first-order valence-corrected chi connectivity index (χ1v) is 8.31. The van der Waals surface area contributed by atoms with Gasteiger partial charge in [-0.15, -0.1) is 0 Å². The number of amides is 1. The molecule has 26 heavy (non-hydrogen) atoms. The Kier molecular flexibility index (Phi) is 5.32. The highest BCUT2D eigenvalue weighted by atomic mass is 35.5. The molecule has 0 radical (unpaired) electrons. The van der Waals surface area contributed by atoms with Gasteiger partial charge < -0.3 is 14.8 Å². The van der Waals surface area contributed by atoms with Gasteiger partial charge in [-0.05, 0) is 23.3 Å². The van der Waals surface area contributed by atoms with Crippen LogP contribution in [-0.2, 0) is 6.42 Å². The van der Waals surface area contributed by atoms with Crippen LogP contribution in [0.1, 0.15) is 21.5 Å². The maximum Gasteiger partial charge on any atom is 0.263 e. The smallest absolute Gasteiger partial charge is 0.263 e. The molecule has 136 valence electrons. The molecule has 0 aromatic heterocycles. The predicted molar refractivity (Wildman–Crippen MR) is 97.1 cm³/mol. The first kappa shape index (κ1) is 18.1. The number of nitrogens with one attached hydrogen (secondary N) is 1. The van der Waals surface area contributed by atoms with Crippen LogP contribution in [-0.4, -0.2) is 31.7 Å². The molecule has 0 saturated carbocycles. The standard InChI is InChI=1S/C19H18ClFN2O3/c1-25-16-10-17(26-2)14(19(24)23-7-6-22-11-23)9-13(16)8-12-4-3-5-15(20)18(12)21/h3-7,9-10,22H,8,11H2,1-2H3. The lowest BCUT2D eigenvalue weighted by Gasteiger charge is -2.18. The highest BCUT2D eigenvalue weighted by molar-refractivity contribution is 6.30. The minimum atomic E-state index is -0.480. The van der Waals surface area contributed by atoms with E-state index in [2.05, 4.69) is 5.32 Å². The Balaban J connectivity index is 2.03. The van der Waals surface area contributed by atoms with Gasteiger partial charge in [0.25, 0.3) is 5.91 Å². The summed E-state index contributed by atoms with van der Waals surface area (Å²) in [5.41, 5.74) is 1.45. The molecule has 0 fully saturated rings. The molecular weight excluding hydrogens is 359 g/mol. The fourth-order valence-electron chi connectivity index (χ4n) is 2.80. The Morgan fingerprint density at radius 3 is 2.65 bits per heavy atom. The van der Waals surface area contributed by atoms with Crippen LogP contribution in [0, 0.1) is 5.82 Å². The van der Waals surface area contributed by atoms with E-state index in [1.165, 1.54) is 25.2 Å². The topological polar surface area (TPSA) is 50.8 Å². The third kappa shape index (κ3) is 3.46. The number of hydrogen-bond donors (Lipinski definition) is 1. The third-order valence-corrected chi connectivity index (χ3v) is 4.43. The zero-order valence-corrected chi connectivity index (χ0v) is 15.1. The van der Waals surface area contributed by atoms with Crippen molar-refractivity contribution in [3.63, 3.8) is 0 Å². The summed E-state index contributed by atoms with van der Waals surface area (Å²) in [5.74, 6) is 0.195. The maximum atomic E-state index is 14.3. The molecule has 1 heterocycles. The monoisotopic (exact) mass is 376 g/mol. The average molecular weight is 377 g/mol. The quantitative estimate of drug-likeness (QED) is 0.866. The fraction of sp³-hybridized carbons (Fsp3) is 0.211. The van der Waals surface area contributed by atoms with Crippen LogP contribution in [0.25, 0.3) is 0 Å². The number of hydrogen-bond acceptors (Lipinski definition) is 4. The van der Waals surface area contributed by atoms with Crippen molar-refractivity contribution in [1.82, 2.24) is 10.2 Å². The second kappa shape index (κ2) is 7.66. The second-order valence-electron chi connectivity index (χ2n) is 5.71. The molecule has 0 bridgehead atoms. The van der Waals surface area contributed by atoms with Crippen molar-refractivity contribution >= 4 is 17.5 Å². The molecule has 3 rings (SSSR count). The Hall–Kier alpha value is -2.73. The van der Waals surface area contributed by atoms with Gasteiger partial charge in [0.2, 0.25) is 0 Å². The highest BCUT2D eigenvalue weighted by Gasteiger charge is 2.23. The van der Waals surface area contributed by atoms with Gasteiger partial charge in [0.05, 0.1) is 31.5 Å². The van der Waals surface area contributed by atoms with E-state index in [-0.39, 0.29) is 17.4 Å². The number of nitrogens with zero attached hydrogens (tertiary/aromatic N) is 1. The van der Waals surface area contributed by atoms with Crippen molar-refractivity contribution in [1.29, 1.82) is 0 Å². The first-order chi connectivity index (χ1) is 12.5. The van der Waals surface area contributed by atoms with Gasteiger partial charge in [-0.25, -0.2) is 4.39 Å². The number of carbonyl (C=O) groups is 1. The maximum absolute atomic E-state index is 14.3. The summed E-state index contributed by atoms with van der Waals surface area (Å²) in [4.78, 5) is 14.3. The van der Waals surface area contributed by atoms with Gasteiger partial charge >= 0.3 is 0 Å². The molecule has 1 aliphatic heterocycles. The van der Waals surface area contributed by atoms with Gasteiger partial charge in [-0.3, -0.25) is 9.69 Å². The van der Waals surface area contributed by atoms with Crippen LogP contribution >= 0.6 is 11.6 Å². The molecule has 5 nitrogen and oxygen atoms in total. The van der Waals surface area contributed by atoms with E-state index < -0.39 is 5.82 Å². The molecule has 1 aliphatic rings. The van der Waals surface area contributed by atoms with E-state index in [4.69, 9.17) is 21.1 Å². The summed E-state index contributed by atoms with van der Waals surface area (Å²) in [7, 11) is 3.00. The first-order valence-electron chi connectivity index (χ1n) is 7.94. The third-order valence-electron chi connectivity index (χ3n) is 4.14. The van der Waals surface area contributed by atoms with E-state index >= 15 is 0 Å². The second-order valence-corrected chi connectivity index (χ2v) is 6.11. The number of ether oxygens (including phenoxy) is 2. The summed E-state index contributed by atoms with van der Waals surface area (Å²) < 4.78 is 25.0. The zero-order chi connectivity index (χ0) is 18.7. The van der Waals surface area contributed by atoms with Crippen LogP contribution in [0.15, 0.2) is 42.7 Å². The van der Waals surface area contributed by atoms with Crippen LogP contribution < -0.4 is 14.8 Å². The summed E-state index contributed by atoms with van der Waals surface area (Å²) in [5, 5.41) is 3.00. The van der Waals surface area contributed by atoms with Crippen LogP contribution in [0.2, 0.25) is 5.02 Å². The van der Waals surface area contributed by atoms with Crippen molar-refractivity contribution in [2.75, 3.05) is 20.9 Å². The Morgan fingerprint density at radius 2 is 2.00 bits per heavy atom. The van der Waals surface area contributed by atoms with E-state index in [1.54, 1.807) is 36.7 Å². The average Bonchev–Trinajstić information content (AvgIpc) is 3.19. The van der Waals surface area contributed by atoms with Crippen LogP contribution in [0.3, 0.4) is 0 Å². The summed E-state index contributed by atoms with van der Waals surface area (Å²) in [6.45, 7) is 0.381. The fourth-order valence-corrected chi connectivity index (χ4v) is 3.00. The summed E-state index contributed by atoms with van der Waals surface area (Å²) in [6, 6.07) is 8.14. The van der Waals surface area contributed by atoms with E-state index in [1.807, 2.05) is 0 Å². The number of carbonyl (C=O) groups excluding carboxylic acids is 1. The normalized spacial score (nSPS) is 12.8. The Labute approximate surface area is 156 Å². The molecule has 0 spiro atoms. The number of benzene rings is 2. The molecule has 0 aliphatic carbocycles. The predicted octanol–water partition coefficient (Wildman–Crippen LogP) is 3.56. The molecular formula is C19H18ClFN2O3. The van der Waals surface area contributed by atoms with Crippen LogP contribution in [0.4, 0.5) is 4.39 Å². The van der Waals surface area contributed by atoms with E-state index in [9.17, 15) is 9.18 Å². The molecule has 1 N–H and O–H groups in total. The SMILES string of the molecule is COc1cc(OC)c(C(=O)N2C=CNC2)cc1Cc1cccc(Cl)c1F. The Morgan fingerprint density at radius 1 is 1.23 bits per heavy atom. The highest BCUT2D eigenvalue weighted by Crippen LogP contribution is 2.32. The van der Waals surface area contributed by atoms with Gasteiger partial charge in [0.1, 0.15) is 17.3 Å². The molecule has 0 atom stereocenters. The molecule has 7 heteroatoms. The Bertz CT molecular complexity index is 870. The van der Waals surface area contributed by atoms with E-state index in [0.29, 0.717) is 34.9 Å². The number of rotatable bonds is 5. The van der Waals surface area contributed by atoms with E-state index in [0.717, 1.165) is 0 Å². The van der Waals surface area contributed by atoms with Gasteiger partial charge in [0, 0.05) is 24.9 Å². The van der Waals surface area contributed by atoms with Crippen molar-refractivity contribution < 1.29 is 18.7 Å². The lowest BCUT2D eigenvalue weighted by atomic mass is 10.00. The van der Waals surface area contributed by atoms with Gasteiger partial charge in [-0.2, -0.15) is 0 Å². The molecule has 0 unspecified atom stereocenters. The summed E-state index contributed by atoms with van der Waals surface area (Å²) >= 11 is 5.87. The van der Waals surface area contributed by atoms with Crippen molar-refractivity contribution in [3.05, 3.63) is 70.3 Å². The van der Waals surface area contributed by atoms with Gasteiger partial charge in [0.15, 0.2) is 0 Å². The van der Waals surface area contributed by atoms with Crippen molar-refractivity contribution in [2.24, 2.45) is 0 Å². The number of halogens is 2. The molecule has 2 aromatic carbocycles. The molecule has 1 amide bonds. The molecule has 2 aromatic rings. The molecule has 0 saturated heterocycles. The number of methoxy groups -OCH3 is 2. The van der Waals surface area contributed by atoms with Crippen LogP contribution in [0.5, 0.6) is 11.5 Å². The minimum Gasteiger partial charge on any atom is -0.496 e. The largest absolute Gasteiger partial charge is 0.496 e. The van der Waals surface area contributed by atoms with Crippen molar-refractivity contribution in [2.45, 2.75) is 6.42 Å². The van der Waals surface area contributed by atoms with Gasteiger partial charge in [-0.1, -0.05) is 23.7 Å².